The Morgan fingerprint density at radius 2 is 2.36 bits per heavy atom. The van der Waals surface area contributed by atoms with Gasteiger partial charge in [-0.05, 0) is 26.0 Å². The highest BCUT2D eigenvalue weighted by Crippen LogP contribution is 2.30. The molecule has 0 atom stereocenters. The van der Waals surface area contributed by atoms with Crippen molar-refractivity contribution in [2.45, 2.75) is 25.9 Å². The van der Waals surface area contributed by atoms with E-state index in [1.807, 2.05) is 19.9 Å². The van der Waals surface area contributed by atoms with Crippen molar-refractivity contribution < 1.29 is 9.94 Å². The first-order valence-corrected chi connectivity index (χ1v) is 4.48. The van der Waals surface area contributed by atoms with Crippen LogP contribution in [0.1, 0.15) is 25.8 Å². The summed E-state index contributed by atoms with van der Waals surface area (Å²) in [5, 5.41) is 12.2. The van der Waals surface area contributed by atoms with Crippen LogP contribution in [0.4, 0.5) is 0 Å². The quantitative estimate of drug-likeness (QED) is 0.504. The Morgan fingerprint density at radius 3 is 3.07 bits per heavy atom. The maximum Gasteiger partial charge on any atom is 0.223 e. The standard InChI is InChI=1S/C10H12N2O2/c1-10(2)6-8(12-13)7-4-3-5-11-9(7)14-10/h3-5,13H,6H2,1-2H3. The Morgan fingerprint density at radius 1 is 1.57 bits per heavy atom. The number of aromatic nitrogens is 1. The molecule has 2 rings (SSSR count). The van der Waals surface area contributed by atoms with Crippen molar-refractivity contribution in [1.82, 2.24) is 4.98 Å². The summed E-state index contributed by atoms with van der Waals surface area (Å²) >= 11 is 0. The summed E-state index contributed by atoms with van der Waals surface area (Å²) in [6.07, 6.45) is 2.25. The van der Waals surface area contributed by atoms with Gasteiger partial charge in [-0.3, -0.25) is 0 Å². The van der Waals surface area contributed by atoms with Gasteiger partial charge in [-0.1, -0.05) is 5.16 Å². The summed E-state index contributed by atoms with van der Waals surface area (Å²) in [6, 6.07) is 3.64. The monoisotopic (exact) mass is 192 g/mol. The van der Waals surface area contributed by atoms with Gasteiger partial charge in [-0.2, -0.15) is 0 Å². The maximum absolute atomic E-state index is 8.87. The zero-order valence-corrected chi connectivity index (χ0v) is 8.19. The van der Waals surface area contributed by atoms with E-state index < -0.39 is 0 Å². The molecule has 0 spiro atoms. The van der Waals surface area contributed by atoms with Crippen molar-refractivity contribution in [2.75, 3.05) is 0 Å². The summed E-state index contributed by atoms with van der Waals surface area (Å²) < 4.78 is 5.65. The molecule has 14 heavy (non-hydrogen) atoms. The fourth-order valence-electron chi connectivity index (χ4n) is 1.58. The Hall–Kier alpha value is -1.58. The summed E-state index contributed by atoms with van der Waals surface area (Å²) in [5.41, 5.74) is 1.04. The van der Waals surface area contributed by atoms with Gasteiger partial charge in [-0.15, -0.1) is 0 Å². The molecule has 4 heteroatoms. The van der Waals surface area contributed by atoms with Crippen molar-refractivity contribution in [1.29, 1.82) is 0 Å². The van der Waals surface area contributed by atoms with E-state index in [0.29, 0.717) is 18.0 Å². The van der Waals surface area contributed by atoms with E-state index in [9.17, 15) is 0 Å². The van der Waals surface area contributed by atoms with E-state index >= 15 is 0 Å². The van der Waals surface area contributed by atoms with Gasteiger partial charge in [0.1, 0.15) is 5.60 Å². The molecule has 1 aliphatic heterocycles. The summed E-state index contributed by atoms with van der Waals surface area (Å²) in [7, 11) is 0. The van der Waals surface area contributed by atoms with Crippen molar-refractivity contribution >= 4 is 5.71 Å². The molecule has 0 unspecified atom stereocenters. The van der Waals surface area contributed by atoms with Crippen LogP contribution in [-0.4, -0.2) is 21.5 Å². The summed E-state index contributed by atoms with van der Waals surface area (Å²) in [4.78, 5) is 4.10. The second-order valence-corrected chi connectivity index (χ2v) is 3.94. The molecule has 0 aliphatic carbocycles. The van der Waals surface area contributed by atoms with E-state index in [-0.39, 0.29) is 5.60 Å². The topological polar surface area (TPSA) is 54.7 Å². The molecule has 0 saturated carbocycles. The molecule has 74 valence electrons. The maximum atomic E-state index is 8.87. The normalized spacial score (nSPS) is 21.4. The number of hydrogen-bond donors (Lipinski definition) is 1. The number of nitrogens with zero attached hydrogens (tertiary/aromatic N) is 2. The van der Waals surface area contributed by atoms with Crippen molar-refractivity contribution in [3.8, 4) is 5.88 Å². The van der Waals surface area contributed by atoms with Gasteiger partial charge in [-0.25, -0.2) is 4.98 Å². The minimum absolute atomic E-state index is 0.358. The highest BCUT2D eigenvalue weighted by Gasteiger charge is 2.32. The molecule has 1 N–H and O–H groups in total. The Balaban J connectivity index is 2.52. The van der Waals surface area contributed by atoms with Crippen molar-refractivity contribution in [2.24, 2.45) is 5.16 Å². The van der Waals surface area contributed by atoms with Crippen molar-refractivity contribution in [3.05, 3.63) is 23.9 Å². The average Bonchev–Trinajstić information content (AvgIpc) is 2.15. The van der Waals surface area contributed by atoms with E-state index in [0.717, 1.165) is 5.56 Å². The van der Waals surface area contributed by atoms with Crippen LogP contribution < -0.4 is 4.74 Å². The van der Waals surface area contributed by atoms with Gasteiger partial charge in [0.2, 0.25) is 5.88 Å². The Bertz CT molecular complexity index is 385. The predicted octanol–water partition coefficient (Wildman–Crippen LogP) is 1.82. The lowest BCUT2D eigenvalue weighted by molar-refractivity contribution is 0.103. The van der Waals surface area contributed by atoms with Crippen LogP contribution in [0, 0.1) is 0 Å². The van der Waals surface area contributed by atoms with Crippen LogP contribution in [0.5, 0.6) is 5.88 Å². The SMILES string of the molecule is CC1(C)CC(=NO)c2cccnc2O1. The Kier molecular flexibility index (Phi) is 1.91. The van der Waals surface area contributed by atoms with Gasteiger partial charge in [0.05, 0.1) is 11.3 Å². The zero-order valence-electron chi connectivity index (χ0n) is 8.19. The molecule has 0 aromatic carbocycles. The number of oxime groups is 1. The van der Waals surface area contributed by atoms with Crippen LogP contribution >= 0.6 is 0 Å². The van der Waals surface area contributed by atoms with Crippen molar-refractivity contribution in [3.63, 3.8) is 0 Å². The Labute approximate surface area is 82.2 Å². The molecular formula is C10H12N2O2. The highest BCUT2D eigenvalue weighted by atomic mass is 16.5. The molecule has 2 heterocycles. The molecule has 1 aliphatic rings. The number of fused-ring (bicyclic) bond motifs is 1. The lowest BCUT2D eigenvalue weighted by Crippen LogP contribution is -2.36. The average molecular weight is 192 g/mol. The minimum Gasteiger partial charge on any atom is -0.471 e. The summed E-state index contributed by atoms with van der Waals surface area (Å²) in [6.45, 7) is 3.88. The molecular weight excluding hydrogens is 180 g/mol. The molecule has 0 fully saturated rings. The molecule has 0 amide bonds. The van der Waals surface area contributed by atoms with Crippen LogP contribution in [0.3, 0.4) is 0 Å². The largest absolute Gasteiger partial charge is 0.471 e. The molecule has 1 aromatic heterocycles. The van der Waals surface area contributed by atoms with Crippen LogP contribution in [0.25, 0.3) is 0 Å². The lowest BCUT2D eigenvalue weighted by Gasteiger charge is -2.31. The lowest BCUT2D eigenvalue weighted by atomic mass is 9.94. The number of rotatable bonds is 0. The van der Waals surface area contributed by atoms with Gasteiger partial charge in [0, 0.05) is 12.6 Å². The van der Waals surface area contributed by atoms with E-state index in [1.54, 1.807) is 12.3 Å². The molecule has 1 aromatic rings. The number of ether oxygens (including phenoxy) is 1. The van der Waals surface area contributed by atoms with E-state index in [2.05, 4.69) is 10.1 Å². The first kappa shape index (κ1) is 8.99. The number of pyridine rings is 1. The third-order valence-electron chi connectivity index (χ3n) is 2.17. The predicted molar refractivity (Wildman–Crippen MR) is 51.9 cm³/mol. The first-order valence-electron chi connectivity index (χ1n) is 4.48. The summed E-state index contributed by atoms with van der Waals surface area (Å²) in [5.74, 6) is 0.538. The fraction of sp³-hybridized carbons (Fsp3) is 0.400. The number of hydrogen-bond acceptors (Lipinski definition) is 4. The van der Waals surface area contributed by atoms with E-state index in [4.69, 9.17) is 9.94 Å². The fourth-order valence-corrected chi connectivity index (χ4v) is 1.58. The smallest absolute Gasteiger partial charge is 0.223 e. The minimum atomic E-state index is -0.358. The molecule has 0 radical (unpaired) electrons. The van der Waals surface area contributed by atoms with Gasteiger partial charge in [0.25, 0.3) is 0 Å². The van der Waals surface area contributed by atoms with Crippen LogP contribution in [0.2, 0.25) is 0 Å². The first-order chi connectivity index (χ1) is 6.62. The third-order valence-corrected chi connectivity index (χ3v) is 2.17. The van der Waals surface area contributed by atoms with E-state index in [1.165, 1.54) is 0 Å². The zero-order chi connectivity index (χ0) is 10.2. The third kappa shape index (κ3) is 1.43. The second-order valence-electron chi connectivity index (χ2n) is 3.94. The molecule has 0 bridgehead atoms. The second kappa shape index (κ2) is 2.97. The molecule has 4 nitrogen and oxygen atoms in total. The van der Waals surface area contributed by atoms with Crippen LogP contribution in [-0.2, 0) is 0 Å². The van der Waals surface area contributed by atoms with Gasteiger partial charge >= 0.3 is 0 Å². The van der Waals surface area contributed by atoms with Gasteiger partial charge in [0.15, 0.2) is 0 Å². The van der Waals surface area contributed by atoms with Crippen LogP contribution in [0.15, 0.2) is 23.5 Å². The van der Waals surface area contributed by atoms with Gasteiger partial charge < -0.3 is 9.94 Å². The molecule has 0 saturated heterocycles. The highest BCUT2D eigenvalue weighted by molar-refractivity contribution is 6.03.